The molecule has 9 heteroatoms. The zero-order valence-corrected chi connectivity index (χ0v) is 15.5. The van der Waals surface area contributed by atoms with E-state index in [1.54, 1.807) is 18.1 Å². The standard InChI is InChI=1S/C19H22F3N5O/c1-26(13-16-4-2-3-9-23-16)18(28)25-15-7-10-27(11-8-15)17-6-5-14(12-24-17)19(20,21)22/h2-6,9,12,15H,7-8,10-11,13H2,1H3,(H,25,28). The third-order valence-electron chi connectivity index (χ3n) is 4.69. The van der Waals surface area contributed by atoms with Gasteiger partial charge in [0, 0.05) is 38.6 Å². The molecule has 0 saturated carbocycles. The first kappa shape index (κ1) is 19.9. The molecule has 6 nitrogen and oxygen atoms in total. The van der Waals surface area contributed by atoms with E-state index < -0.39 is 11.7 Å². The van der Waals surface area contributed by atoms with Crippen LogP contribution >= 0.6 is 0 Å². The van der Waals surface area contributed by atoms with Crippen LogP contribution in [-0.2, 0) is 12.7 Å². The van der Waals surface area contributed by atoms with E-state index >= 15 is 0 Å². The number of nitrogens with one attached hydrogen (secondary N) is 1. The van der Waals surface area contributed by atoms with Gasteiger partial charge in [-0.3, -0.25) is 4.98 Å². The first-order valence-corrected chi connectivity index (χ1v) is 9.02. The Bertz CT molecular complexity index is 774. The quantitative estimate of drug-likeness (QED) is 0.866. The molecule has 1 fully saturated rings. The summed E-state index contributed by atoms with van der Waals surface area (Å²) in [6, 6.07) is 7.84. The predicted molar refractivity (Wildman–Crippen MR) is 98.7 cm³/mol. The first-order valence-electron chi connectivity index (χ1n) is 9.02. The first-order chi connectivity index (χ1) is 13.3. The summed E-state index contributed by atoms with van der Waals surface area (Å²) >= 11 is 0. The van der Waals surface area contributed by atoms with Crippen molar-refractivity contribution in [2.24, 2.45) is 0 Å². The van der Waals surface area contributed by atoms with Crippen LogP contribution in [0, 0.1) is 0 Å². The molecule has 3 heterocycles. The molecule has 0 bridgehead atoms. The van der Waals surface area contributed by atoms with Gasteiger partial charge in [0.1, 0.15) is 5.82 Å². The Morgan fingerprint density at radius 2 is 1.96 bits per heavy atom. The van der Waals surface area contributed by atoms with Crippen LogP contribution < -0.4 is 10.2 Å². The van der Waals surface area contributed by atoms with Crippen LogP contribution in [-0.4, -0.2) is 47.1 Å². The lowest BCUT2D eigenvalue weighted by atomic mass is 10.1. The highest BCUT2D eigenvalue weighted by Crippen LogP contribution is 2.29. The van der Waals surface area contributed by atoms with Gasteiger partial charge in [-0.25, -0.2) is 9.78 Å². The monoisotopic (exact) mass is 393 g/mol. The van der Waals surface area contributed by atoms with Crippen molar-refractivity contribution in [2.75, 3.05) is 25.0 Å². The summed E-state index contributed by atoms with van der Waals surface area (Å²) in [6.07, 6.45) is -0.441. The van der Waals surface area contributed by atoms with Crippen molar-refractivity contribution in [3.05, 3.63) is 54.0 Å². The number of alkyl halides is 3. The van der Waals surface area contributed by atoms with Gasteiger partial charge in [0.25, 0.3) is 0 Å². The molecule has 0 atom stereocenters. The van der Waals surface area contributed by atoms with Crippen molar-refractivity contribution < 1.29 is 18.0 Å². The second kappa shape index (κ2) is 8.45. The Hall–Kier alpha value is -2.84. The van der Waals surface area contributed by atoms with Crippen molar-refractivity contribution in [3.63, 3.8) is 0 Å². The predicted octanol–water partition coefficient (Wildman–Crippen LogP) is 3.31. The lowest BCUT2D eigenvalue weighted by Crippen LogP contribution is -2.48. The zero-order chi connectivity index (χ0) is 20.1. The molecule has 0 aliphatic carbocycles. The molecule has 1 aliphatic rings. The Balaban J connectivity index is 1.48. The molecular weight excluding hydrogens is 371 g/mol. The van der Waals surface area contributed by atoms with E-state index in [0.29, 0.717) is 38.3 Å². The third kappa shape index (κ3) is 5.11. The number of hydrogen-bond acceptors (Lipinski definition) is 4. The fourth-order valence-corrected chi connectivity index (χ4v) is 3.08. The molecule has 150 valence electrons. The van der Waals surface area contributed by atoms with Gasteiger partial charge in [-0.1, -0.05) is 6.07 Å². The van der Waals surface area contributed by atoms with Gasteiger partial charge in [-0.15, -0.1) is 0 Å². The Morgan fingerprint density at radius 1 is 1.21 bits per heavy atom. The fourth-order valence-electron chi connectivity index (χ4n) is 3.08. The topological polar surface area (TPSA) is 61.4 Å². The number of aromatic nitrogens is 2. The van der Waals surface area contributed by atoms with Gasteiger partial charge in [-0.2, -0.15) is 13.2 Å². The highest BCUT2D eigenvalue weighted by atomic mass is 19.4. The lowest BCUT2D eigenvalue weighted by Gasteiger charge is -2.34. The van der Waals surface area contributed by atoms with E-state index in [9.17, 15) is 18.0 Å². The van der Waals surface area contributed by atoms with E-state index in [1.807, 2.05) is 23.1 Å². The molecule has 0 radical (unpaired) electrons. The van der Waals surface area contributed by atoms with Crippen molar-refractivity contribution in [1.82, 2.24) is 20.2 Å². The number of anilines is 1. The molecule has 28 heavy (non-hydrogen) atoms. The summed E-state index contributed by atoms with van der Waals surface area (Å²) in [6.45, 7) is 1.65. The van der Waals surface area contributed by atoms with Crippen molar-refractivity contribution in [3.8, 4) is 0 Å². The molecule has 1 saturated heterocycles. The average Bonchev–Trinajstić information content (AvgIpc) is 2.69. The minimum Gasteiger partial charge on any atom is -0.356 e. The summed E-state index contributed by atoms with van der Waals surface area (Å²) in [5, 5.41) is 3.00. The van der Waals surface area contributed by atoms with Crippen LogP contribution in [0.4, 0.5) is 23.8 Å². The molecule has 0 unspecified atom stereocenters. The molecule has 1 N–H and O–H groups in total. The highest BCUT2D eigenvalue weighted by molar-refractivity contribution is 5.74. The van der Waals surface area contributed by atoms with Crippen LogP contribution in [0.25, 0.3) is 0 Å². The minimum absolute atomic E-state index is 0.0179. The summed E-state index contributed by atoms with van der Waals surface area (Å²) in [5.74, 6) is 0.519. The summed E-state index contributed by atoms with van der Waals surface area (Å²) < 4.78 is 37.9. The van der Waals surface area contributed by atoms with E-state index in [2.05, 4.69) is 15.3 Å². The van der Waals surface area contributed by atoms with Gasteiger partial charge in [0.05, 0.1) is 17.8 Å². The number of rotatable bonds is 4. The number of urea groups is 1. The Kier molecular flexibility index (Phi) is 6.01. The lowest BCUT2D eigenvalue weighted by molar-refractivity contribution is -0.137. The third-order valence-corrected chi connectivity index (χ3v) is 4.69. The smallest absolute Gasteiger partial charge is 0.356 e. The SMILES string of the molecule is CN(Cc1ccccn1)C(=O)NC1CCN(c2ccc(C(F)(F)F)cn2)CC1. The van der Waals surface area contributed by atoms with Crippen molar-refractivity contribution in [2.45, 2.75) is 31.6 Å². The number of halogens is 3. The maximum Gasteiger partial charge on any atom is 0.417 e. The summed E-state index contributed by atoms with van der Waals surface area (Å²) in [5.41, 5.74) is 0.0534. The molecule has 2 amide bonds. The number of nitrogens with zero attached hydrogens (tertiary/aromatic N) is 4. The molecule has 0 aromatic carbocycles. The van der Waals surface area contributed by atoms with Crippen LogP contribution in [0.5, 0.6) is 0 Å². The Labute approximate surface area is 161 Å². The number of amides is 2. The van der Waals surface area contributed by atoms with Crippen LogP contribution in [0.1, 0.15) is 24.1 Å². The molecule has 3 rings (SSSR count). The molecule has 0 spiro atoms. The second-order valence-electron chi connectivity index (χ2n) is 6.79. The normalized spacial score (nSPS) is 15.4. The van der Waals surface area contributed by atoms with Gasteiger partial charge < -0.3 is 15.1 Å². The number of hydrogen-bond donors (Lipinski definition) is 1. The van der Waals surface area contributed by atoms with Crippen molar-refractivity contribution in [1.29, 1.82) is 0 Å². The summed E-state index contributed by atoms with van der Waals surface area (Å²) in [7, 11) is 1.71. The van der Waals surface area contributed by atoms with E-state index in [0.717, 1.165) is 18.0 Å². The number of piperidine rings is 1. The van der Waals surface area contributed by atoms with E-state index in [1.165, 1.54) is 6.07 Å². The second-order valence-corrected chi connectivity index (χ2v) is 6.79. The molecule has 2 aromatic heterocycles. The highest BCUT2D eigenvalue weighted by Gasteiger charge is 2.31. The van der Waals surface area contributed by atoms with Crippen LogP contribution in [0.15, 0.2) is 42.7 Å². The largest absolute Gasteiger partial charge is 0.417 e. The zero-order valence-electron chi connectivity index (χ0n) is 15.5. The van der Waals surface area contributed by atoms with E-state index in [4.69, 9.17) is 0 Å². The molecule has 1 aliphatic heterocycles. The minimum atomic E-state index is -4.38. The number of carbonyl (C=O) groups excluding carboxylic acids is 1. The average molecular weight is 393 g/mol. The van der Waals surface area contributed by atoms with E-state index in [-0.39, 0.29) is 12.1 Å². The van der Waals surface area contributed by atoms with Crippen LogP contribution in [0.3, 0.4) is 0 Å². The maximum absolute atomic E-state index is 12.6. The Morgan fingerprint density at radius 3 is 2.54 bits per heavy atom. The molecular formula is C19H22F3N5O. The van der Waals surface area contributed by atoms with Gasteiger partial charge in [0.15, 0.2) is 0 Å². The number of carbonyl (C=O) groups is 1. The van der Waals surface area contributed by atoms with Crippen molar-refractivity contribution >= 4 is 11.8 Å². The van der Waals surface area contributed by atoms with Gasteiger partial charge in [-0.05, 0) is 37.1 Å². The molecule has 2 aromatic rings. The fraction of sp³-hybridized carbons (Fsp3) is 0.421. The van der Waals surface area contributed by atoms with Crippen LogP contribution in [0.2, 0.25) is 0 Å². The van der Waals surface area contributed by atoms with Gasteiger partial charge in [0.2, 0.25) is 0 Å². The van der Waals surface area contributed by atoms with Gasteiger partial charge >= 0.3 is 12.2 Å². The number of pyridine rings is 2. The summed E-state index contributed by atoms with van der Waals surface area (Å²) in [4.78, 5) is 24.0. The maximum atomic E-state index is 12.6.